The van der Waals surface area contributed by atoms with Gasteiger partial charge in [0, 0.05) is 18.4 Å². The number of carbonyl (C=O) groups is 1. The standard InChI is InChI=1S/C14H19NO2/c1-12(15)10-14(16)11-17-9-5-8-13-6-3-2-4-7-13/h2-4,6-7,10H,5,8-9,11,15H2,1H3. The number of hydrogen-bond donors (Lipinski definition) is 1. The van der Waals surface area contributed by atoms with E-state index in [0.29, 0.717) is 12.3 Å². The van der Waals surface area contributed by atoms with Crippen LogP contribution < -0.4 is 5.73 Å². The van der Waals surface area contributed by atoms with Gasteiger partial charge in [-0.05, 0) is 25.3 Å². The van der Waals surface area contributed by atoms with Gasteiger partial charge < -0.3 is 10.5 Å². The molecule has 17 heavy (non-hydrogen) atoms. The van der Waals surface area contributed by atoms with Gasteiger partial charge in [-0.1, -0.05) is 30.3 Å². The third-order valence-corrected chi connectivity index (χ3v) is 2.23. The summed E-state index contributed by atoms with van der Waals surface area (Å²) in [5, 5.41) is 0. The molecular formula is C14H19NO2. The Morgan fingerprint density at radius 1 is 1.35 bits per heavy atom. The van der Waals surface area contributed by atoms with Gasteiger partial charge in [-0.25, -0.2) is 0 Å². The van der Waals surface area contributed by atoms with E-state index in [0.717, 1.165) is 12.8 Å². The third-order valence-electron chi connectivity index (χ3n) is 2.23. The van der Waals surface area contributed by atoms with E-state index in [-0.39, 0.29) is 12.4 Å². The van der Waals surface area contributed by atoms with Crippen molar-refractivity contribution in [3.8, 4) is 0 Å². The van der Waals surface area contributed by atoms with Gasteiger partial charge in [0.1, 0.15) is 6.61 Å². The smallest absolute Gasteiger partial charge is 0.182 e. The molecule has 2 N–H and O–H groups in total. The van der Waals surface area contributed by atoms with Crippen LogP contribution in [0.3, 0.4) is 0 Å². The summed E-state index contributed by atoms with van der Waals surface area (Å²) in [7, 11) is 0. The summed E-state index contributed by atoms with van der Waals surface area (Å²) in [6.07, 6.45) is 3.29. The average molecular weight is 233 g/mol. The van der Waals surface area contributed by atoms with E-state index in [2.05, 4.69) is 12.1 Å². The van der Waals surface area contributed by atoms with Crippen LogP contribution in [0.1, 0.15) is 18.9 Å². The lowest BCUT2D eigenvalue weighted by molar-refractivity contribution is -0.119. The molecule has 0 saturated carbocycles. The van der Waals surface area contributed by atoms with Crippen molar-refractivity contribution in [2.75, 3.05) is 13.2 Å². The van der Waals surface area contributed by atoms with Crippen LogP contribution in [0.25, 0.3) is 0 Å². The van der Waals surface area contributed by atoms with Crippen molar-refractivity contribution >= 4 is 5.78 Å². The number of ketones is 1. The molecule has 0 spiro atoms. The van der Waals surface area contributed by atoms with Crippen molar-refractivity contribution < 1.29 is 9.53 Å². The first-order valence-electron chi connectivity index (χ1n) is 5.77. The van der Waals surface area contributed by atoms with Gasteiger partial charge in [-0.15, -0.1) is 0 Å². The average Bonchev–Trinajstić information content (AvgIpc) is 2.29. The highest BCUT2D eigenvalue weighted by Crippen LogP contribution is 2.02. The lowest BCUT2D eigenvalue weighted by Gasteiger charge is -2.02. The maximum atomic E-state index is 11.2. The molecule has 0 heterocycles. The van der Waals surface area contributed by atoms with Gasteiger partial charge in [0.2, 0.25) is 0 Å². The van der Waals surface area contributed by atoms with Gasteiger partial charge in [0.25, 0.3) is 0 Å². The number of aryl methyl sites for hydroxylation is 1. The van der Waals surface area contributed by atoms with Crippen LogP contribution in [0.4, 0.5) is 0 Å². The lowest BCUT2D eigenvalue weighted by atomic mass is 10.1. The zero-order chi connectivity index (χ0) is 12.5. The maximum absolute atomic E-state index is 11.2. The molecule has 0 saturated heterocycles. The molecule has 3 nitrogen and oxygen atoms in total. The van der Waals surface area contributed by atoms with Gasteiger partial charge in [0.05, 0.1) is 0 Å². The SMILES string of the molecule is CC(N)=CC(=O)COCCCc1ccccc1. The highest BCUT2D eigenvalue weighted by atomic mass is 16.5. The lowest BCUT2D eigenvalue weighted by Crippen LogP contribution is -2.09. The van der Waals surface area contributed by atoms with Gasteiger partial charge in [-0.2, -0.15) is 0 Å². The molecule has 0 aliphatic rings. The third kappa shape index (κ3) is 6.53. The fourth-order valence-electron chi connectivity index (χ4n) is 1.49. The largest absolute Gasteiger partial charge is 0.402 e. The van der Waals surface area contributed by atoms with E-state index >= 15 is 0 Å². The van der Waals surface area contributed by atoms with Crippen molar-refractivity contribution in [2.24, 2.45) is 5.73 Å². The minimum absolute atomic E-state index is 0.0790. The fourth-order valence-corrected chi connectivity index (χ4v) is 1.49. The number of nitrogens with two attached hydrogens (primary N) is 1. The summed E-state index contributed by atoms with van der Waals surface area (Å²) >= 11 is 0. The molecule has 92 valence electrons. The van der Waals surface area contributed by atoms with E-state index < -0.39 is 0 Å². The molecule has 0 aromatic heterocycles. The zero-order valence-electron chi connectivity index (χ0n) is 10.2. The van der Waals surface area contributed by atoms with E-state index in [1.807, 2.05) is 18.2 Å². The zero-order valence-corrected chi connectivity index (χ0v) is 10.2. The van der Waals surface area contributed by atoms with Crippen LogP contribution >= 0.6 is 0 Å². The molecule has 1 aromatic rings. The Labute approximate surface area is 102 Å². The quantitative estimate of drug-likeness (QED) is 0.579. The number of allylic oxidation sites excluding steroid dienone is 1. The van der Waals surface area contributed by atoms with Gasteiger partial charge in [-0.3, -0.25) is 4.79 Å². The summed E-state index contributed by atoms with van der Waals surface area (Å²) in [4.78, 5) is 11.2. The highest BCUT2D eigenvalue weighted by molar-refractivity contribution is 5.91. The van der Waals surface area contributed by atoms with Gasteiger partial charge in [0.15, 0.2) is 5.78 Å². The summed E-state index contributed by atoms with van der Waals surface area (Å²) < 4.78 is 5.27. The molecule has 0 aliphatic carbocycles. The van der Waals surface area contributed by atoms with Crippen molar-refractivity contribution in [2.45, 2.75) is 19.8 Å². The van der Waals surface area contributed by atoms with Crippen molar-refractivity contribution in [3.63, 3.8) is 0 Å². The van der Waals surface area contributed by atoms with E-state index in [4.69, 9.17) is 10.5 Å². The van der Waals surface area contributed by atoms with E-state index in [1.54, 1.807) is 6.92 Å². The van der Waals surface area contributed by atoms with Crippen LogP contribution in [-0.2, 0) is 16.0 Å². The van der Waals surface area contributed by atoms with Crippen LogP contribution in [0, 0.1) is 0 Å². The number of carbonyl (C=O) groups excluding carboxylic acids is 1. The minimum Gasteiger partial charge on any atom is -0.402 e. The molecule has 1 aromatic carbocycles. The van der Waals surface area contributed by atoms with Crippen LogP contribution in [0.2, 0.25) is 0 Å². The molecule has 0 amide bonds. The minimum atomic E-state index is -0.0790. The van der Waals surface area contributed by atoms with E-state index in [1.165, 1.54) is 11.6 Å². The molecule has 1 rings (SSSR count). The number of ether oxygens (including phenoxy) is 1. The van der Waals surface area contributed by atoms with Crippen LogP contribution in [0.15, 0.2) is 42.1 Å². The monoisotopic (exact) mass is 233 g/mol. The number of rotatable bonds is 7. The van der Waals surface area contributed by atoms with E-state index in [9.17, 15) is 4.79 Å². The molecule has 0 radical (unpaired) electrons. The molecule has 0 fully saturated rings. The second-order valence-corrected chi connectivity index (χ2v) is 4.00. The maximum Gasteiger partial charge on any atom is 0.182 e. The topological polar surface area (TPSA) is 52.3 Å². The number of hydrogen-bond acceptors (Lipinski definition) is 3. The highest BCUT2D eigenvalue weighted by Gasteiger charge is 1.98. The first-order chi connectivity index (χ1) is 8.18. The molecule has 0 aliphatic heterocycles. The first-order valence-corrected chi connectivity index (χ1v) is 5.77. The van der Waals surface area contributed by atoms with Crippen molar-refractivity contribution in [1.29, 1.82) is 0 Å². The Morgan fingerprint density at radius 3 is 2.71 bits per heavy atom. The molecule has 0 unspecified atom stereocenters. The van der Waals surface area contributed by atoms with Crippen molar-refractivity contribution in [1.82, 2.24) is 0 Å². The van der Waals surface area contributed by atoms with Crippen LogP contribution in [0.5, 0.6) is 0 Å². The Bertz CT molecular complexity index is 367. The Hall–Kier alpha value is -1.61. The predicted molar refractivity (Wildman–Crippen MR) is 68.5 cm³/mol. The summed E-state index contributed by atoms with van der Waals surface area (Å²) in [5.41, 5.74) is 7.19. The Kier molecular flexibility index (Phi) is 6.04. The number of benzene rings is 1. The summed E-state index contributed by atoms with van der Waals surface area (Å²) in [5.74, 6) is -0.0790. The second-order valence-electron chi connectivity index (χ2n) is 4.00. The normalized spacial score (nSPS) is 11.5. The van der Waals surface area contributed by atoms with Crippen LogP contribution in [-0.4, -0.2) is 19.0 Å². The Morgan fingerprint density at radius 2 is 2.06 bits per heavy atom. The summed E-state index contributed by atoms with van der Waals surface area (Å²) in [6.45, 7) is 2.40. The second kappa shape index (κ2) is 7.63. The molecule has 0 bridgehead atoms. The predicted octanol–water partition coefficient (Wildman–Crippen LogP) is 2.07. The molecule has 3 heteroatoms. The Balaban J connectivity index is 2.09. The summed E-state index contributed by atoms with van der Waals surface area (Å²) in [6, 6.07) is 10.2. The first kappa shape index (κ1) is 13.5. The van der Waals surface area contributed by atoms with Gasteiger partial charge >= 0.3 is 0 Å². The molecule has 0 atom stereocenters. The molecular weight excluding hydrogens is 214 g/mol. The fraction of sp³-hybridized carbons (Fsp3) is 0.357. The van der Waals surface area contributed by atoms with Crippen molar-refractivity contribution in [3.05, 3.63) is 47.7 Å².